The SMILES string of the molecule is CCC1(c2nc3c(F)c(F)ccc3[nH]2)CCNC1. The number of nitrogens with one attached hydrogen (secondary N) is 2. The van der Waals surface area contributed by atoms with Gasteiger partial charge < -0.3 is 10.3 Å². The summed E-state index contributed by atoms with van der Waals surface area (Å²) in [7, 11) is 0. The van der Waals surface area contributed by atoms with E-state index in [4.69, 9.17) is 0 Å². The van der Waals surface area contributed by atoms with E-state index in [0.717, 1.165) is 37.8 Å². The smallest absolute Gasteiger partial charge is 0.186 e. The molecule has 2 N–H and O–H groups in total. The van der Waals surface area contributed by atoms with Gasteiger partial charge in [0, 0.05) is 12.0 Å². The maximum Gasteiger partial charge on any atom is 0.186 e. The molecular weight excluding hydrogens is 236 g/mol. The maximum absolute atomic E-state index is 13.7. The quantitative estimate of drug-likeness (QED) is 0.861. The number of aromatic amines is 1. The number of imidazole rings is 1. The molecule has 2 aromatic rings. The highest BCUT2D eigenvalue weighted by Crippen LogP contribution is 2.33. The van der Waals surface area contributed by atoms with Crippen molar-refractivity contribution in [2.45, 2.75) is 25.2 Å². The van der Waals surface area contributed by atoms with Crippen LogP contribution in [0.4, 0.5) is 8.78 Å². The van der Waals surface area contributed by atoms with Crippen LogP contribution in [0.2, 0.25) is 0 Å². The van der Waals surface area contributed by atoms with Gasteiger partial charge in [-0.2, -0.15) is 0 Å². The Kier molecular flexibility index (Phi) is 2.59. The van der Waals surface area contributed by atoms with Gasteiger partial charge >= 0.3 is 0 Å². The van der Waals surface area contributed by atoms with E-state index in [9.17, 15) is 8.78 Å². The van der Waals surface area contributed by atoms with E-state index in [0.29, 0.717) is 5.52 Å². The number of hydrogen-bond acceptors (Lipinski definition) is 2. The van der Waals surface area contributed by atoms with Crippen LogP contribution in [-0.4, -0.2) is 23.1 Å². The summed E-state index contributed by atoms with van der Waals surface area (Å²) in [4.78, 5) is 7.43. The lowest BCUT2D eigenvalue weighted by molar-refractivity contribution is 0.430. The van der Waals surface area contributed by atoms with Crippen LogP contribution in [0.15, 0.2) is 12.1 Å². The van der Waals surface area contributed by atoms with E-state index in [1.54, 1.807) is 0 Å². The van der Waals surface area contributed by atoms with Gasteiger partial charge in [0.25, 0.3) is 0 Å². The zero-order valence-electron chi connectivity index (χ0n) is 10.2. The van der Waals surface area contributed by atoms with Gasteiger partial charge in [-0.3, -0.25) is 0 Å². The molecule has 1 aromatic heterocycles. The Balaban J connectivity index is 2.16. The van der Waals surface area contributed by atoms with Crippen LogP contribution in [0.3, 0.4) is 0 Å². The van der Waals surface area contributed by atoms with Crippen LogP contribution >= 0.6 is 0 Å². The summed E-state index contributed by atoms with van der Waals surface area (Å²) in [6, 6.07) is 2.67. The first-order chi connectivity index (χ1) is 8.66. The molecule has 0 aliphatic carbocycles. The number of nitrogens with zero attached hydrogens (tertiary/aromatic N) is 1. The lowest BCUT2D eigenvalue weighted by Gasteiger charge is -2.23. The standard InChI is InChI=1S/C13H15F2N3/c1-2-13(5-6-16-7-13)12-17-9-4-3-8(14)10(15)11(9)18-12/h3-4,16H,2,5-7H2,1H3,(H,17,18). The lowest BCUT2D eigenvalue weighted by atomic mass is 9.83. The van der Waals surface area contributed by atoms with E-state index in [1.165, 1.54) is 6.07 Å². The van der Waals surface area contributed by atoms with Crippen LogP contribution in [0, 0.1) is 11.6 Å². The fraction of sp³-hybridized carbons (Fsp3) is 0.462. The number of aromatic nitrogens is 2. The topological polar surface area (TPSA) is 40.7 Å². The summed E-state index contributed by atoms with van der Waals surface area (Å²) in [5.74, 6) is -0.961. The van der Waals surface area contributed by atoms with Crippen molar-refractivity contribution in [2.24, 2.45) is 0 Å². The monoisotopic (exact) mass is 251 g/mol. The molecule has 18 heavy (non-hydrogen) atoms. The molecule has 1 aliphatic heterocycles. The molecule has 1 aliphatic rings. The Morgan fingerprint density at radius 1 is 1.39 bits per heavy atom. The Morgan fingerprint density at radius 2 is 2.22 bits per heavy atom. The second-order valence-electron chi connectivity index (χ2n) is 4.90. The minimum Gasteiger partial charge on any atom is -0.341 e. The average molecular weight is 251 g/mol. The second-order valence-corrected chi connectivity index (χ2v) is 4.90. The molecule has 1 aromatic carbocycles. The first kappa shape index (κ1) is 11.6. The summed E-state index contributed by atoms with van der Waals surface area (Å²) in [5.41, 5.74) is 0.579. The number of H-pyrrole nitrogens is 1. The summed E-state index contributed by atoms with van der Waals surface area (Å²) >= 11 is 0. The third kappa shape index (κ3) is 1.54. The molecule has 0 bridgehead atoms. The zero-order valence-corrected chi connectivity index (χ0v) is 10.2. The number of benzene rings is 1. The Bertz CT molecular complexity index is 585. The summed E-state index contributed by atoms with van der Waals surface area (Å²) in [6.07, 6.45) is 1.89. The highest BCUT2D eigenvalue weighted by molar-refractivity contribution is 5.76. The number of rotatable bonds is 2. The van der Waals surface area contributed by atoms with Crippen LogP contribution in [-0.2, 0) is 5.41 Å². The zero-order chi connectivity index (χ0) is 12.8. The highest BCUT2D eigenvalue weighted by atomic mass is 19.2. The van der Waals surface area contributed by atoms with Crippen LogP contribution in [0.25, 0.3) is 11.0 Å². The number of hydrogen-bond donors (Lipinski definition) is 2. The molecule has 0 amide bonds. The first-order valence-electron chi connectivity index (χ1n) is 6.21. The van der Waals surface area contributed by atoms with Gasteiger partial charge in [0.1, 0.15) is 11.3 Å². The normalized spacial score (nSPS) is 23.9. The molecule has 0 radical (unpaired) electrons. The van der Waals surface area contributed by atoms with Crippen LogP contribution in [0.1, 0.15) is 25.6 Å². The van der Waals surface area contributed by atoms with Crippen molar-refractivity contribution in [2.75, 3.05) is 13.1 Å². The second kappa shape index (κ2) is 4.02. The Hall–Kier alpha value is -1.49. The fourth-order valence-electron chi connectivity index (χ4n) is 2.68. The van der Waals surface area contributed by atoms with Gasteiger partial charge in [0.2, 0.25) is 0 Å². The molecule has 0 saturated carbocycles. The van der Waals surface area contributed by atoms with Crippen molar-refractivity contribution in [3.63, 3.8) is 0 Å². The van der Waals surface area contributed by atoms with Crippen LogP contribution in [0.5, 0.6) is 0 Å². The van der Waals surface area contributed by atoms with Crippen LogP contribution < -0.4 is 5.32 Å². The Labute approximate surface area is 104 Å². The molecule has 3 rings (SSSR count). The van der Waals surface area contributed by atoms with E-state index >= 15 is 0 Å². The molecule has 1 fully saturated rings. The third-order valence-electron chi connectivity index (χ3n) is 3.97. The largest absolute Gasteiger partial charge is 0.341 e. The lowest BCUT2D eigenvalue weighted by Crippen LogP contribution is -2.29. The van der Waals surface area contributed by atoms with Gasteiger partial charge in [-0.25, -0.2) is 13.8 Å². The van der Waals surface area contributed by atoms with Crippen molar-refractivity contribution in [1.29, 1.82) is 0 Å². The highest BCUT2D eigenvalue weighted by Gasteiger charge is 2.37. The molecule has 1 atom stereocenters. The molecule has 96 valence electrons. The van der Waals surface area contributed by atoms with Gasteiger partial charge in [-0.15, -0.1) is 0 Å². The fourth-order valence-corrected chi connectivity index (χ4v) is 2.68. The van der Waals surface area contributed by atoms with E-state index in [1.807, 2.05) is 0 Å². The molecule has 1 unspecified atom stereocenters. The summed E-state index contributed by atoms with van der Waals surface area (Å²) in [6.45, 7) is 3.85. The molecule has 2 heterocycles. The Morgan fingerprint density at radius 3 is 2.89 bits per heavy atom. The molecule has 1 saturated heterocycles. The molecular formula is C13H15F2N3. The van der Waals surface area contributed by atoms with Gasteiger partial charge in [-0.05, 0) is 31.5 Å². The molecule has 0 spiro atoms. The number of fused-ring (bicyclic) bond motifs is 1. The summed E-state index contributed by atoms with van der Waals surface area (Å²) < 4.78 is 26.8. The maximum atomic E-state index is 13.7. The minimum absolute atomic E-state index is 0.0814. The predicted octanol–water partition coefficient (Wildman–Crippen LogP) is 2.48. The third-order valence-corrected chi connectivity index (χ3v) is 3.97. The van der Waals surface area contributed by atoms with Crippen molar-refractivity contribution in [1.82, 2.24) is 15.3 Å². The van der Waals surface area contributed by atoms with Gasteiger partial charge in [0.05, 0.1) is 5.52 Å². The van der Waals surface area contributed by atoms with Crippen molar-refractivity contribution < 1.29 is 8.78 Å². The number of halogens is 2. The van der Waals surface area contributed by atoms with Crippen molar-refractivity contribution in [3.8, 4) is 0 Å². The average Bonchev–Trinajstić information content (AvgIpc) is 3.01. The molecule has 5 heteroatoms. The van der Waals surface area contributed by atoms with E-state index in [2.05, 4.69) is 22.2 Å². The minimum atomic E-state index is -0.868. The predicted molar refractivity (Wildman–Crippen MR) is 65.5 cm³/mol. The van der Waals surface area contributed by atoms with Crippen molar-refractivity contribution in [3.05, 3.63) is 29.6 Å². The van der Waals surface area contributed by atoms with Crippen molar-refractivity contribution >= 4 is 11.0 Å². The van der Waals surface area contributed by atoms with Gasteiger partial charge in [0.15, 0.2) is 11.6 Å². The van der Waals surface area contributed by atoms with Gasteiger partial charge in [-0.1, -0.05) is 6.92 Å². The van der Waals surface area contributed by atoms with E-state index in [-0.39, 0.29) is 10.9 Å². The summed E-state index contributed by atoms with van der Waals surface area (Å²) in [5, 5.41) is 3.31. The first-order valence-corrected chi connectivity index (χ1v) is 6.21. The molecule has 3 nitrogen and oxygen atoms in total. The van der Waals surface area contributed by atoms with E-state index < -0.39 is 11.6 Å².